The van der Waals surface area contributed by atoms with Gasteiger partial charge < -0.3 is 9.47 Å². The third-order valence-electron chi connectivity index (χ3n) is 3.64. The molecule has 0 aliphatic rings. The van der Waals surface area contributed by atoms with Gasteiger partial charge in [0, 0.05) is 6.21 Å². The third-order valence-corrected chi connectivity index (χ3v) is 3.64. The lowest BCUT2D eigenvalue weighted by molar-refractivity contribution is 0.0526. The molecule has 0 saturated heterocycles. The van der Waals surface area contributed by atoms with Gasteiger partial charge in [-0.3, -0.25) is 4.99 Å². The van der Waals surface area contributed by atoms with E-state index in [9.17, 15) is 4.79 Å². The molecule has 0 saturated carbocycles. The van der Waals surface area contributed by atoms with Crippen molar-refractivity contribution < 1.29 is 14.3 Å². The number of nitrogens with zero attached hydrogens (tertiary/aromatic N) is 1. The molecule has 0 atom stereocenters. The minimum Gasteiger partial charge on any atom is -0.494 e. The number of rotatable bonds is 9. The van der Waals surface area contributed by atoms with Crippen molar-refractivity contribution in [3.8, 4) is 5.75 Å². The highest BCUT2D eigenvalue weighted by molar-refractivity contribution is 5.90. The van der Waals surface area contributed by atoms with Crippen LogP contribution >= 0.6 is 0 Å². The maximum atomic E-state index is 11.6. The second kappa shape index (κ2) is 10.3. The summed E-state index contributed by atoms with van der Waals surface area (Å²) in [5, 5.41) is 0. The van der Waals surface area contributed by atoms with Gasteiger partial charge in [-0.1, -0.05) is 19.8 Å². The predicted molar refractivity (Wildman–Crippen MR) is 101 cm³/mol. The molecule has 0 aliphatic heterocycles. The average molecular weight is 339 g/mol. The lowest BCUT2D eigenvalue weighted by atomic mass is 10.2. The second-order valence-electron chi connectivity index (χ2n) is 5.65. The van der Waals surface area contributed by atoms with Crippen LogP contribution in [0.4, 0.5) is 5.69 Å². The molecule has 0 aliphatic carbocycles. The summed E-state index contributed by atoms with van der Waals surface area (Å²) in [6.07, 6.45) is 5.26. The molecule has 0 N–H and O–H groups in total. The van der Waals surface area contributed by atoms with Gasteiger partial charge in [-0.15, -0.1) is 0 Å². The van der Waals surface area contributed by atoms with Gasteiger partial charge in [-0.25, -0.2) is 4.79 Å². The highest BCUT2D eigenvalue weighted by Gasteiger charge is 2.04. The van der Waals surface area contributed by atoms with Crippen molar-refractivity contribution in [2.45, 2.75) is 33.1 Å². The van der Waals surface area contributed by atoms with Gasteiger partial charge in [0.05, 0.1) is 24.5 Å². The lowest BCUT2D eigenvalue weighted by Gasteiger charge is -2.05. The molecule has 0 amide bonds. The minimum absolute atomic E-state index is 0.312. The maximum absolute atomic E-state index is 11.6. The molecule has 4 nitrogen and oxygen atoms in total. The molecule has 25 heavy (non-hydrogen) atoms. The topological polar surface area (TPSA) is 47.9 Å². The van der Waals surface area contributed by atoms with Crippen LogP contribution in [-0.2, 0) is 4.74 Å². The molecule has 2 aromatic carbocycles. The summed E-state index contributed by atoms with van der Waals surface area (Å²) in [7, 11) is 0. The van der Waals surface area contributed by atoms with Crippen LogP contribution in [0, 0.1) is 0 Å². The van der Waals surface area contributed by atoms with E-state index in [4.69, 9.17) is 9.47 Å². The zero-order valence-corrected chi connectivity index (χ0v) is 14.9. The van der Waals surface area contributed by atoms with E-state index in [0.29, 0.717) is 12.2 Å². The number of carbonyl (C=O) groups is 1. The lowest BCUT2D eigenvalue weighted by Crippen LogP contribution is -2.03. The summed E-state index contributed by atoms with van der Waals surface area (Å²) in [4.78, 5) is 16.0. The van der Waals surface area contributed by atoms with Crippen LogP contribution in [0.25, 0.3) is 0 Å². The number of carbonyl (C=O) groups excluding carboxylic acids is 1. The number of hydrogen-bond acceptors (Lipinski definition) is 4. The number of unbranched alkanes of at least 4 members (excludes halogenated alkanes) is 2. The van der Waals surface area contributed by atoms with Crippen molar-refractivity contribution in [3.63, 3.8) is 0 Å². The van der Waals surface area contributed by atoms with E-state index < -0.39 is 0 Å². The molecule has 2 rings (SSSR count). The van der Waals surface area contributed by atoms with Gasteiger partial charge in [-0.05, 0) is 67.4 Å². The molecule has 0 bridgehead atoms. The number of esters is 1. The van der Waals surface area contributed by atoms with Crippen LogP contribution < -0.4 is 4.74 Å². The molecular formula is C21H25NO3. The van der Waals surface area contributed by atoms with Crippen molar-refractivity contribution in [3.05, 3.63) is 59.7 Å². The largest absolute Gasteiger partial charge is 0.494 e. The van der Waals surface area contributed by atoms with E-state index in [1.165, 1.54) is 12.8 Å². The number of hydrogen-bond donors (Lipinski definition) is 0. The molecule has 0 unspecified atom stereocenters. The molecule has 0 fully saturated rings. The molecule has 0 radical (unpaired) electrons. The van der Waals surface area contributed by atoms with E-state index in [0.717, 1.165) is 30.0 Å². The highest BCUT2D eigenvalue weighted by Crippen LogP contribution is 2.15. The monoisotopic (exact) mass is 339 g/mol. The normalized spacial score (nSPS) is 10.8. The van der Waals surface area contributed by atoms with Crippen molar-refractivity contribution in [1.29, 1.82) is 0 Å². The first-order chi connectivity index (χ1) is 12.2. The summed E-state index contributed by atoms with van der Waals surface area (Å²) in [6, 6.07) is 14.9. The summed E-state index contributed by atoms with van der Waals surface area (Å²) >= 11 is 0. The van der Waals surface area contributed by atoms with Crippen LogP contribution in [0.2, 0.25) is 0 Å². The van der Waals surface area contributed by atoms with Gasteiger partial charge >= 0.3 is 5.97 Å². The predicted octanol–water partition coefficient (Wildman–Crippen LogP) is 5.18. The smallest absolute Gasteiger partial charge is 0.338 e. The van der Waals surface area contributed by atoms with Crippen LogP contribution in [0.3, 0.4) is 0 Å². The Labute approximate surface area is 149 Å². The molecule has 4 heteroatoms. The van der Waals surface area contributed by atoms with E-state index in [1.807, 2.05) is 24.3 Å². The molecule has 0 aromatic heterocycles. The summed E-state index contributed by atoms with van der Waals surface area (Å²) in [5.74, 6) is 0.569. The Morgan fingerprint density at radius 1 is 1.00 bits per heavy atom. The molecule has 0 heterocycles. The van der Waals surface area contributed by atoms with Gasteiger partial charge in [0.15, 0.2) is 0 Å². The van der Waals surface area contributed by atoms with Crippen LogP contribution in [0.5, 0.6) is 5.75 Å². The van der Waals surface area contributed by atoms with Gasteiger partial charge in [-0.2, -0.15) is 0 Å². The summed E-state index contributed by atoms with van der Waals surface area (Å²) in [6.45, 7) is 5.10. The Morgan fingerprint density at radius 3 is 2.36 bits per heavy atom. The molecule has 132 valence electrons. The Balaban J connectivity index is 1.89. The average Bonchev–Trinajstić information content (AvgIpc) is 2.65. The Bertz CT molecular complexity index is 675. The number of aliphatic imine (C=N–C) groups is 1. The van der Waals surface area contributed by atoms with E-state index >= 15 is 0 Å². The molecule has 2 aromatic rings. The Kier molecular flexibility index (Phi) is 7.70. The van der Waals surface area contributed by atoms with Crippen molar-refractivity contribution in [2.24, 2.45) is 4.99 Å². The highest BCUT2D eigenvalue weighted by atomic mass is 16.5. The first kappa shape index (κ1) is 18.7. The molecule has 0 spiro atoms. The Hall–Kier alpha value is -2.62. The fourth-order valence-corrected chi connectivity index (χ4v) is 2.24. The Morgan fingerprint density at radius 2 is 1.72 bits per heavy atom. The van der Waals surface area contributed by atoms with E-state index in [2.05, 4.69) is 11.9 Å². The van der Waals surface area contributed by atoms with Gasteiger partial charge in [0.1, 0.15) is 5.75 Å². The summed E-state index contributed by atoms with van der Waals surface area (Å²) in [5.41, 5.74) is 2.31. The summed E-state index contributed by atoms with van der Waals surface area (Å²) < 4.78 is 10.7. The maximum Gasteiger partial charge on any atom is 0.338 e. The second-order valence-corrected chi connectivity index (χ2v) is 5.65. The van der Waals surface area contributed by atoms with Crippen LogP contribution in [0.1, 0.15) is 49.0 Å². The van der Waals surface area contributed by atoms with Crippen molar-refractivity contribution >= 4 is 17.9 Å². The minimum atomic E-state index is -0.312. The van der Waals surface area contributed by atoms with Gasteiger partial charge in [0.2, 0.25) is 0 Å². The quantitative estimate of drug-likeness (QED) is 0.359. The zero-order chi connectivity index (χ0) is 17.9. The number of ether oxygens (including phenoxy) is 2. The third kappa shape index (κ3) is 6.42. The fourth-order valence-electron chi connectivity index (χ4n) is 2.24. The van der Waals surface area contributed by atoms with Crippen LogP contribution in [-0.4, -0.2) is 25.4 Å². The zero-order valence-electron chi connectivity index (χ0n) is 14.9. The molecular weight excluding hydrogens is 314 g/mol. The van der Waals surface area contributed by atoms with Crippen molar-refractivity contribution in [2.75, 3.05) is 13.2 Å². The van der Waals surface area contributed by atoms with Crippen molar-refractivity contribution in [1.82, 2.24) is 0 Å². The van der Waals surface area contributed by atoms with E-state index in [1.54, 1.807) is 37.4 Å². The first-order valence-corrected chi connectivity index (χ1v) is 8.77. The number of benzene rings is 2. The van der Waals surface area contributed by atoms with Gasteiger partial charge in [0.25, 0.3) is 0 Å². The fraction of sp³-hybridized carbons (Fsp3) is 0.333. The van der Waals surface area contributed by atoms with E-state index in [-0.39, 0.29) is 5.97 Å². The first-order valence-electron chi connectivity index (χ1n) is 8.77. The standard InChI is InChI=1S/C21H25NO3/c1-3-5-6-15-25-20-13-7-17(8-14-20)16-22-19-11-9-18(10-12-19)21(23)24-4-2/h7-14,16H,3-6,15H2,1-2H3. The van der Waals surface area contributed by atoms with Crippen LogP contribution in [0.15, 0.2) is 53.5 Å². The SMILES string of the molecule is CCCCCOc1ccc(C=Nc2ccc(C(=O)OCC)cc2)cc1.